The molecule has 5 atom stereocenters. The molecule has 2 aliphatic rings. The van der Waals surface area contributed by atoms with Crippen molar-refractivity contribution >= 4 is 28.5 Å². The van der Waals surface area contributed by atoms with Crippen LogP contribution in [0.15, 0.2) is 4.99 Å². The average Bonchev–Trinajstić information content (AvgIpc) is 2.65. The molecule has 0 bridgehead atoms. The molecular formula is C11H19ClN2O3S. The molecule has 0 unspecified atom stereocenters. The number of hydrogen-bond acceptors (Lipinski definition) is 6. The van der Waals surface area contributed by atoms with Crippen molar-refractivity contribution in [3.8, 4) is 0 Å². The van der Waals surface area contributed by atoms with Gasteiger partial charge in [0, 0.05) is 14.1 Å². The zero-order valence-electron chi connectivity index (χ0n) is 10.9. The monoisotopic (exact) mass is 294 g/mol. The van der Waals surface area contributed by atoms with Crippen LogP contribution in [0.5, 0.6) is 0 Å². The van der Waals surface area contributed by atoms with Crippen LogP contribution >= 0.6 is 23.4 Å². The summed E-state index contributed by atoms with van der Waals surface area (Å²) in [5.41, 5.74) is -0.288. The van der Waals surface area contributed by atoms with Crippen molar-refractivity contribution in [1.29, 1.82) is 0 Å². The van der Waals surface area contributed by atoms with Gasteiger partial charge in [0.2, 0.25) is 0 Å². The first-order valence-corrected chi connectivity index (χ1v) is 7.10. The van der Waals surface area contributed by atoms with E-state index < -0.39 is 29.2 Å². The van der Waals surface area contributed by atoms with Gasteiger partial charge in [-0.15, -0.1) is 11.6 Å². The third kappa shape index (κ3) is 2.49. The van der Waals surface area contributed by atoms with Gasteiger partial charge in [0.25, 0.3) is 0 Å². The highest BCUT2D eigenvalue weighted by Crippen LogP contribution is 2.40. The molecule has 2 N–H and O–H groups in total. The van der Waals surface area contributed by atoms with Gasteiger partial charge in [0.15, 0.2) is 5.17 Å². The fraction of sp³-hybridized carbons (Fsp3) is 0.909. The molecule has 7 heteroatoms. The smallest absolute Gasteiger partial charge is 0.161 e. The van der Waals surface area contributed by atoms with Crippen molar-refractivity contribution in [2.24, 2.45) is 4.99 Å². The number of aliphatic hydroxyl groups is 2. The van der Waals surface area contributed by atoms with Crippen LogP contribution in [0.25, 0.3) is 0 Å². The van der Waals surface area contributed by atoms with Gasteiger partial charge in [-0.3, -0.25) is 4.99 Å². The van der Waals surface area contributed by atoms with Crippen LogP contribution in [0.1, 0.15) is 13.8 Å². The van der Waals surface area contributed by atoms with Crippen LogP contribution in [-0.2, 0) is 4.74 Å². The molecule has 0 aliphatic carbocycles. The van der Waals surface area contributed by atoms with Crippen molar-refractivity contribution < 1.29 is 14.9 Å². The Morgan fingerprint density at radius 3 is 2.44 bits per heavy atom. The number of halogens is 1. The molecule has 18 heavy (non-hydrogen) atoms. The summed E-state index contributed by atoms with van der Waals surface area (Å²) in [7, 11) is 3.77. The maximum Gasteiger partial charge on any atom is 0.161 e. The molecule has 2 heterocycles. The molecule has 5 nitrogen and oxygen atoms in total. The predicted octanol–water partition coefficient (Wildman–Crippen LogP) is 0.483. The lowest BCUT2D eigenvalue weighted by molar-refractivity contribution is -0.161. The summed E-state index contributed by atoms with van der Waals surface area (Å²) < 4.78 is 5.82. The van der Waals surface area contributed by atoms with Gasteiger partial charge in [-0.2, -0.15) is 0 Å². The first-order valence-electron chi connectivity index (χ1n) is 5.84. The topological polar surface area (TPSA) is 65.3 Å². The largest absolute Gasteiger partial charge is 0.388 e. The molecule has 0 aromatic heterocycles. The number of nitrogens with zero attached hydrogens (tertiary/aromatic N) is 2. The molecule has 0 aromatic carbocycles. The number of alkyl halides is 1. The fourth-order valence-corrected chi connectivity index (χ4v) is 3.45. The number of fused-ring (bicyclic) bond motifs is 1. The maximum absolute atomic E-state index is 10.2. The van der Waals surface area contributed by atoms with E-state index >= 15 is 0 Å². The molecular weight excluding hydrogens is 276 g/mol. The first-order chi connectivity index (χ1) is 8.21. The van der Waals surface area contributed by atoms with E-state index in [2.05, 4.69) is 4.99 Å². The fourth-order valence-electron chi connectivity index (χ4n) is 2.13. The normalized spacial score (nSPS) is 40.4. The standard InChI is InChI=1S/C11H19ClN2O3S/c1-11(2,12)8-7(16)6(15)5-9(17-8)18-10(13-5)14(3)4/h5-9,15-16H,1-4H3/t5-,6+,7-,8-,9-/m0/s1. The molecule has 0 amide bonds. The lowest BCUT2D eigenvalue weighted by Gasteiger charge is -2.42. The SMILES string of the molecule is CN(C)C1=N[C@H]2[C@@H](O)[C@H](O)[C@@H](C(C)(C)Cl)O[C@H]2S1. The van der Waals surface area contributed by atoms with Crippen molar-refractivity contribution in [1.82, 2.24) is 4.90 Å². The van der Waals surface area contributed by atoms with Gasteiger partial charge >= 0.3 is 0 Å². The van der Waals surface area contributed by atoms with E-state index in [4.69, 9.17) is 16.3 Å². The van der Waals surface area contributed by atoms with E-state index in [1.165, 1.54) is 11.8 Å². The van der Waals surface area contributed by atoms with Gasteiger partial charge in [-0.25, -0.2) is 0 Å². The van der Waals surface area contributed by atoms with Crippen molar-refractivity contribution in [2.45, 2.75) is 48.5 Å². The number of thioether (sulfide) groups is 1. The summed E-state index contributed by atoms with van der Waals surface area (Å²) in [6.07, 6.45) is -2.58. The average molecular weight is 295 g/mol. The number of amidine groups is 1. The van der Waals surface area contributed by atoms with Crippen molar-refractivity contribution in [2.75, 3.05) is 14.1 Å². The van der Waals surface area contributed by atoms with E-state index in [0.717, 1.165) is 5.17 Å². The summed E-state index contributed by atoms with van der Waals surface area (Å²) in [5.74, 6) is 0. The zero-order valence-corrected chi connectivity index (χ0v) is 12.4. The van der Waals surface area contributed by atoms with E-state index in [-0.39, 0.29) is 5.44 Å². The Kier molecular flexibility index (Phi) is 3.86. The highest BCUT2D eigenvalue weighted by molar-refractivity contribution is 8.14. The second-order valence-corrected chi connectivity index (χ2v) is 7.42. The van der Waals surface area contributed by atoms with E-state index in [1.807, 2.05) is 19.0 Å². The Hall–Kier alpha value is -0.0100. The summed E-state index contributed by atoms with van der Waals surface area (Å²) in [6.45, 7) is 3.53. The molecule has 1 fully saturated rings. The Balaban J connectivity index is 2.19. The third-order valence-electron chi connectivity index (χ3n) is 3.11. The number of hydrogen-bond donors (Lipinski definition) is 2. The summed E-state index contributed by atoms with van der Waals surface area (Å²) in [5, 5.41) is 21.0. The van der Waals surface area contributed by atoms with E-state index in [9.17, 15) is 10.2 Å². The quantitative estimate of drug-likeness (QED) is 0.689. The van der Waals surface area contributed by atoms with Gasteiger partial charge in [-0.1, -0.05) is 11.8 Å². The number of aliphatic imine (C=N–C) groups is 1. The second-order valence-electron chi connectivity index (χ2n) is 5.39. The molecule has 2 rings (SSSR count). The van der Waals surface area contributed by atoms with Crippen LogP contribution in [0, 0.1) is 0 Å². The van der Waals surface area contributed by atoms with Crippen LogP contribution in [0.4, 0.5) is 0 Å². The summed E-state index contributed by atoms with van der Waals surface area (Å²) >= 11 is 7.66. The predicted molar refractivity (Wildman–Crippen MR) is 73.1 cm³/mol. The molecule has 104 valence electrons. The van der Waals surface area contributed by atoms with E-state index in [1.54, 1.807) is 13.8 Å². The van der Waals surface area contributed by atoms with Crippen molar-refractivity contribution in [3.05, 3.63) is 0 Å². The third-order valence-corrected chi connectivity index (χ3v) is 4.63. The lowest BCUT2D eigenvalue weighted by atomic mass is 9.91. The van der Waals surface area contributed by atoms with Crippen molar-refractivity contribution in [3.63, 3.8) is 0 Å². The summed E-state index contributed by atoms with van der Waals surface area (Å²) in [4.78, 5) is 5.51. The number of rotatable bonds is 1. The molecule has 0 aromatic rings. The Morgan fingerprint density at radius 1 is 1.33 bits per heavy atom. The second kappa shape index (κ2) is 4.83. The van der Waals surface area contributed by atoms with E-state index in [0.29, 0.717) is 0 Å². The Bertz CT molecular complexity index is 359. The van der Waals surface area contributed by atoms with Gasteiger partial charge in [0.1, 0.15) is 29.8 Å². The maximum atomic E-state index is 10.2. The van der Waals surface area contributed by atoms with Crippen LogP contribution < -0.4 is 0 Å². The molecule has 1 saturated heterocycles. The Morgan fingerprint density at radius 2 is 1.94 bits per heavy atom. The zero-order chi connectivity index (χ0) is 13.7. The molecule has 0 spiro atoms. The molecule has 0 saturated carbocycles. The minimum absolute atomic E-state index is 0.288. The minimum Gasteiger partial charge on any atom is -0.388 e. The van der Waals surface area contributed by atoms with Crippen LogP contribution in [0.2, 0.25) is 0 Å². The van der Waals surface area contributed by atoms with Crippen LogP contribution in [-0.4, -0.2) is 69.0 Å². The summed E-state index contributed by atoms with van der Waals surface area (Å²) in [6, 6.07) is -0.433. The molecule has 2 aliphatic heterocycles. The minimum atomic E-state index is -1.02. The Labute approximate surface area is 116 Å². The van der Waals surface area contributed by atoms with Crippen LogP contribution in [0.3, 0.4) is 0 Å². The first kappa shape index (κ1) is 14.4. The highest BCUT2D eigenvalue weighted by Gasteiger charge is 2.52. The number of aliphatic hydroxyl groups excluding tert-OH is 2. The van der Waals surface area contributed by atoms with Gasteiger partial charge in [0.05, 0.1) is 4.87 Å². The highest BCUT2D eigenvalue weighted by atomic mass is 35.5. The lowest BCUT2D eigenvalue weighted by Crippen LogP contribution is -2.59. The number of ether oxygens (including phenoxy) is 1. The van der Waals surface area contributed by atoms with Gasteiger partial charge < -0.3 is 19.8 Å². The van der Waals surface area contributed by atoms with Gasteiger partial charge in [-0.05, 0) is 13.8 Å². The molecule has 0 radical (unpaired) electrons.